The van der Waals surface area contributed by atoms with Gasteiger partial charge in [0.15, 0.2) is 0 Å². The number of hydrogen-bond donors (Lipinski definition) is 0. The summed E-state index contributed by atoms with van der Waals surface area (Å²) < 4.78 is 0. The maximum atomic E-state index is 9.76. The van der Waals surface area contributed by atoms with E-state index >= 15 is 0 Å². The second-order valence-corrected chi connectivity index (χ2v) is 2.57. The van der Waals surface area contributed by atoms with E-state index in [9.17, 15) is 4.79 Å². The molecule has 1 atom stereocenters. The molecule has 0 aliphatic carbocycles. The smallest absolute Gasteiger partial charge is 0.211 e. The first-order valence-electron chi connectivity index (χ1n) is 3.88. The lowest BCUT2D eigenvalue weighted by atomic mass is 10.1. The molecule has 0 aromatic carbocycles. The Hall–Kier alpha value is -0.620. The summed E-state index contributed by atoms with van der Waals surface area (Å²) in [5, 5.41) is 0. The van der Waals surface area contributed by atoms with Crippen LogP contribution in [0.4, 0.5) is 0 Å². The minimum Gasteiger partial charge on any atom is -0.211 e. The summed E-state index contributed by atoms with van der Waals surface area (Å²) in [5.41, 5.74) is 0. The van der Waals surface area contributed by atoms with Crippen molar-refractivity contribution in [1.82, 2.24) is 0 Å². The predicted molar refractivity (Wildman–Crippen MR) is 41.7 cm³/mol. The van der Waals surface area contributed by atoms with Gasteiger partial charge in [-0.15, -0.1) is 0 Å². The van der Waals surface area contributed by atoms with Gasteiger partial charge in [0.25, 0.3) is 0 Å². The van der Waals surface area contributed by atoms with E-state index in [-0.39, 0.29) is 6.04 Å². The summed E-state index contributed by atoms with van der Waals surface area (Å²) in [6, 6.07) is 0.170. The molecule has 0 fully saturated rings. The molecule has 0 aliphatic rings. The number of isocyanates is 1. The Labute approximate surface area is 62.4 Å². The van der Waals surface area contributed by atoms with Crippen molar-refractivity contribution in [3.63, 3.8) is 0 Å². The lowest BCUT2D eigenvalue weighted by Gasteiger charge is -2.00. The molecule has 0 aromatic heterocycles. The highest BCUT2D eigenvalue weighted by Crippen LogP contribution is 2.04. The number of unbranched alkanes of at least 4 members (excludes halogenated alkanes) is 2. The van der Waals surface area contributed by atoms with Gasteiger partial charge in [-0.1, -0.05) is 26.2 Å². The number of nitrogens with zero attached hydrogens (tertiary/aromatic N) is 1. The van der Waals surface area contributed by atoms with E-state index in [0.29, 0.717) is 0 Å². The summed E-state index contributed by atoms with van der Waals surface area (Å²) in [5.74, 6) is 0. The largest absolute Gasteiger partial charge is 0.235 e. The van der Waals surface area contributed by atoms with Crippen molar-refractivity contribution in [2.24, 2.45) is 4.99 Å². The van der Waals surface area contributed by atoms with Gasteiger partial charge in [0, 0.05) is 0 Å². The van der Waals surface area contributed by atoms with Crippen LogP contribution in [0, 0.1) is 0 Å². The molecule has 0 saturated heterocycles. The summed E-state index contributed by atoms with van der Waals surface area (Å²) >= 11 is 0. The van der Waals surface area contributed by atoms with Crippen molar-refractivity contribution >= 4 is 6.08 Å². The van der Waals surface area contributed by atoms with Gasteiger partial charge in [-0.3, -0.25) is 0 Å². The molecule has 2 heteroatoms. The first-order chi connectivity index (χ1) is 4.81. The van der Waals surface area contributed by atoms with Gasteiger partial charge in [0.1, 0.15) is 0 Å². The van der Waals surface area contributed by atoms with Gasteiger partial charge in [-0.25, -0.2) is 9.79 Å². The molecule has 0 unspecified atom stereocenters. The molecule has 0 rings (SSSR count). The predicted octanol–water partition coefficient (Wildman–Crippen LogP) is 2.29. The van der Waals surface area contributed by atoms with Crippen LogP contribution in [0.15, 0.2) is 4.99 Å². The van der Waals surface area contributed by atoms with Crippen molar-refractivity contribution in [2.75, 3.05) is 0 Å². The lowest BCUT2D eigenvalue weighted by Crippen LogP contribution is -1.96. The van der Waals surface area contributed by atoms with Gasteiger partial charge in [-0.05, 0) is 13.3 Å². The fourth-order valence-corrected chi connectivity index (χ4v) is 0.844. The standard InChI is InChI=1S/C8H15NO/c1-3-4-5-6-8(2)9-7-10/h8H,3-6H2,1-2H3/t8-/m0/s1. The van der Waals surface area contributed by atoms with E-state index in [4.69, 9.17) is 0 Å². The third kappa shape index (κ3) is 5.52. The number of rotatable bonds is 5. The number of hydrogen-bond acceptors (Lipinski definition) is 2. The molecule has 2 nitrogen and oxygen atoms in total. The number of carbonyl (C=O) groups excluding carboxylic acids is 1. The molecule has 0 radical (unpaired) electrons. The minimum absolute atomic E-state index is 0.170. The summed E-state index contributed by atoms with van der Waals surface area (Å²) in [6.07, 6.45) is 6.21. The lowest BCUT2D eigenvalue weighted by molar-refractivity contribution is 0.548. The molecule has 0 amide bonds. The van der Waals surface area contributed by atoms with Crippen LogP contribution in [0.2, 0.25) is 0 Å². The summed E-state index contributed by atoms with van der Waals surface area (Å²) in [6.45, 7) is 4.11. The molecule has 0 N–H and O–H groups in total. The Kier molecular flexibility index (Phi) is 6.10. The first kappa shape index (κ1) is 9.38. The highest BCUT2D eigenvalue weighted by molar-refractivity contribution is 5.33. The van der Waals surface area contributed by atoms with E-state index in [1.165, 1.54) is 19.3 Å². The Morgan fingerprint density at radius 1 is 1.50 bits per heavy atom. The fraction of sp³-hybridized carbons (Fsp3) is 0.875. The van der Waals surface area contributed by atoms with E-state index in [2.05, 4.69) is 11.9 Å². The zero-order chi connectivity index (χ0) is 7.82. The molecule has 0 spiro atoms. The van der Waals surface area contributed by atoms with Crippen LogP contribution >= 0.6 is 0 Å². The zero-order valence-corrected chi connectivity index (χ0v) is 6.76. The quantitative estimate of drug-likeness (QED) is 0.328. The topological polar surface area (TPSA) is 29.4 Å². The Bertz CT molecular complexity index is 116. The van der Waals surface area contributed by atoms with Gasteiger partial charge in [0.05, 0.1) is 6.04 Å². The minimum atomic E-state index is 0.170. The third-order valence-electron chi connectivity index (χ3n) is 1.50. The average Bonchev–Trinajstić information content (AvgIpc) is 1.89. The third-order valence-corrected chi connectivity index (χ3v) is 1.50. The molecule has 58 valence electrons. The maximum Gasteiger partial charge on any atom is 0.235 e. The van der Waals surface area contributed by atoms with Crippen LogP contribution < -0.4 is 0 Å². The highest BCUT2D eigenvalue weighted by Gasteiger charge is 1.96. The van der Waals surface area contributed by atoms with Crippen molar-refractivity contribution in [3.05, 3.63) is 0 Å². The second kappa shape index (κ2) is 6.50. The molecule has 0 bridgehead atoms. The molecular formula is C8H15NO. The highest BCUT2D eigenvalue weighted by atomic mass is 16.1. The normalized spacial score (nSPS) is 12.2. The van der Waals surface area contributed by atoms with Crippen LogP contribution in [0.25, 0.3) is 0 Å². The average molecular weight is 141 g/mol. The monoisotopic (exact) mass is 141 g/mol. The van der Waals surface area contributed by atoms with E-state index in [1.54, 1.807) is 6.08 Å². The molecular weight excluding hydrogens is 126 g/mol. The van der Waals surface area contributed by atoms with Crippen molar-refractivity contribution in [3.8, 4) is 0 Å². The van der Waals surface area contributed by atoms with Crippen LogP contribution in [-0.4, -0.2) is 12.1 Å². The molecule has 10 heavy (non-hydrogen) atoms. The van der Waals surface area contributed by atoms with Crippen LogP contribution in [0.3, 0.4) is 0 Å². The number of aliphatic imine (C=N–C) groups is 1. The van der Waals surface area contributed by atoms with Gasteiger partial charge >= 0.3 is 0 Å². The van der Waals surface area contributed by atoms with Gasteiger partial charge < -0.3 is 0 Å². The second-order valence-electron chi connectivity index (χ2n) is 2.57. The first-order valence-corrected chi connectivity index (χ1v) is 3.88. The van der Waals surface area contributed by atoms with Crippen molar-refractivity contribution in [2.45, 2.75) is 45.6 Å². The van der Waals surface area contributed by atoms with E-state index in [1.807, 2.05) is 6.92 Å². The van der Waals surface area contributed by atoms with Crippen LogP contribution in [-0.2, 0) is 4.79 Å². The Balaban J connectivity index is 3.21. The molecule has 0 aliphatic heterocycles. The fourth-order valence-electron chi connectivity index (χ4n) is 0.844. The van der Waals surface area contributed by atoms with Crippen LogP contribution in [0.5, 0.6) is 0 Å². The molecule has 0 heterocycles. The Morgan fingerprint density at radius 3 is 2.70 bits per heavy atom. The van der Waals surface area contributed by atoms with E-state index in [0.717, 1.165) is 6.42 Å². The van der Waals surface area contributed by atoms with Crippen LogP contribution in [0.1, 0.15) is 39.5 Å². The van der Waals surface area contributed by atoms with Crippen molar-refractivity contribution < 1.29 is 4.79 Å². The van der Waals surface area contributed by atoms with Gasteiger partial charge in [0.2, 0.25) is 6.08 Å². The SMILES string of the molecule is CCCCC[C@H](C)N=C=O. The maximum absolute atomic E-state index is 9.76. The summed E-state index contributed by atoms with van der Waals surface area (Å²) in [7, 11) is 0. The molecule has 0 saturated carbocycles. The Morgan fingerprint density at radius 2 is 2.20 bits per heavy atom. The zero-order valence-electron chi connectivity index (χ0n) is 6.76. The summed E-state index contributed by atoms with van der Waals surface area (Å²) in [4.78, 5) is 13.3. The van der Waals surface area contributed by atoms with Gasteiger partial charge in [-0.2, -0.15) is 0 Å². The van der Waals surface area contributed by atoms with Crippen molar-refractivity contribution in [1.29, 1.82) is 0 Å². The molecule has 0 aromatic rings. The van der Waals surface area contributed by atoms with E-state index < -0.39 is 0 Å².